The Morgan fingerprint density at radius 1 is 1.46 bits per heavy atom. The molecular formula is C16H22ClN5O2. The van der Waals surface area contributed by atoms with E-state index in [0.29, 0.717) is 23.4 Å². The predicted molar refractivity (Wildman–Crippen MR) is 94.2 cm³/mol. The fraction of sp³-hybridized carbons (Fsp3) is 0.375. The van der Waals surface area contributed by atoms with E-state index in [0.717, 1.165) is 12.2 Å². The number of rotatable bonds is 5. The third-order valence-corrected chi connectivity index (χ3v) is 3.23. The third kappa shape index (κ3) is 5.43. The van der Waals surface area contributed by atoms with E-state index < -0.39 is 0 Å². The molecule has 7 nitrogen and oxygen atoms in total. The standard InChI is InChI=1S/C13H14ClN5O.C3H8O/c1-7(2)12(9(15)6-20)13-18-10(3-11(14)19-13)8-4-16-17-5-8;1-3-4-2/h3-7H,15H2,1-2H3,(H,16,17);3H2,1-2H3/b12-9-;. The fourth-order valence-electron chi connectivity index (χ4n) is 1.86. The van der Waals surface area contributed by atoms with Crippen LogP contribution in [0.15, 0.2) is 24.2 Å². The number of nitrogens with two attached hydrogens (primary N) is 1. The largest absolute Gasteiger partial charge is 0.396 e. The first kappa shape index (κ1) is 19.8. The van der Waals surface area contributed by atoms with Crippen LogP contribution in [-0.2, 0) is 9.53 Å². The van der Waals surface area contributed by atoms with Gasteiger partial charge >= 0.3 is 0 Å². The Morgan fingerprint density at radius 3 is 2.58 bits per heavy atom. The van der Waals surface area contributed by atoms with E-state index in [-0.39, 0.29) is 16.8 Å². The predicted octanol–water partition coefficient (Wildman–Crippen LogP) is 2.70. The number of ether oxygens (including phenoxy) is 1. The van der Waals surface area contributed by atoms with Gasteiger partial charge in [-0.15, -0.1) is 0 Å². The molecule has 0 saturated heterocycles. The number of hydrogen-bond acceptors (Lipinski definition) is 6. The number of halogens is 1. The molecule has 0 unspecified atom stereocenters. The summed E-state index contributed by atoms with van der Waals surface area (Å²) in [5.74, 6) is 0.351. The van der Waals surface area contributed by atoms with Gasteiger partial charge in [0.15, 0.2) is 12.1 Å². The molecule has 0 radical (unpaired) electrons. The highest BCUT2D eigenvalue weighted by atomic mass is 35.5. The number of aromatic amines is 1. The van der Waals surface area contributed by atoms with Crippen molar-refractivity contribution in [1.29, 1.82) is 0 Å². The minimum atomic E-state index is -0.00383. The van der Waals surface area contributed by atoms with Crippen LogP contribution in [-0.4, -0.2) is 40.2 Å². The van der Waals surface area contributed by atoms with E-state index in [1.54, 1.807) is 25.6 Å². The summed E-state index contributed by atoms with van der Waals surface area (Å²) in [6.45, 7) is 6.60. The lowest BCUT2D eigenvalue weighted by Crippen LogP contribution is -2.10. The second kappa shape index (κ2) is 9.79. The van der Waals surface area contributed by atoms with Crippen LogP contribution in [0.2, 0.25) is 5.15 Å². The van der Waals surface area contributed by atoms with Gasteiger partial charge in [-0.1, -0.05) is 25.4 Å². The second-order valence-corrected chi connectivity index (χ2v) is 5.49. The molecule has 24 heavy (non-hydrogen) atoms. The Bertz CT molecular complexity index is 682. The van der Waals surface area contributed by atoms with Crippen LogP contribution in [0, 0.1) is 5.92 Å². The number of allylic oxidation sites excluding steroid dienone is 2. The van der Waals surface area contributed by atoms with E-state index in [4.69, 9.17) is 17.3 Å². The zero-order valence-electron chi connectivity index (χ0n) is 14.2. The molecule has 0 spiro atoms. The van der Waals surface area contributed by atoms with Crippen molar-refractivity contribution in [3.8, 4) is 11.3 Å². The van der Waals surface area contributed by atoms with E-state index in [2.05, 4.69) is 24.9 Å². The summed E-state index contributed by atoms with van der Waals surface area (Å²) < 4.78 is 4.54. The molecular weight excluding hydrogens is 330 g/mol. The molecule has 0 aliphatic carbocycles. The molecule has 0 atom stereocenters. The quantitative estimate of drug-likeness (QED) is 0.487. The number of carbonyl (C=O) groups excluding carboxylic acids is 1. The van der Waals surface area contributed by atoms with Gasteiger partial charge < -0.3 is 10.5 Å². The lowest BCUT2D eigenvalue weighted by Gasteiger charge is -2.12. The number of nitrogens with one attached hydrogen (secondary N) is 1. The molecule has 0 fully saturated rings. The normalized spacial score (nSPS) is 11.6. The zero-order valence-corrected chi connectivity index (χ0v) is 15.0. The van der Waals surface area contributed by atoms with Gasteiger partial charge in [0.05, 0.1) is 17.6 Å². The highest BCUT2D eigenvalue weighted by molar-refractivity contribution is 6.29. The fourth-order valence-corrected chi connectivity index (χ4v) is 2.04. The van der Waals surface area contributed by atoms with Crippen molar-refractivity contribution in [3.05, 3.63) is 35.1 Å². The van der Waals surface area contributed by atoms with E-state index in [1.165, 1.54) is 0 Å². The third-order valence-electron chi connectivity index (χ3n) is 3.03. The summed E-state index contributed by atoms with van der Waals surface area (Å²) in [4.78, 5) is 19.5. The first-order chi connectivity index (χ1) is 11.4. The van der Waals surface area contributed by atoms with Crippen molar-refractivity contribution in [2.75, 3.05) is 13.7 Å². The van der Waals surface area contributed by atoms with Gasteiger partial charge in [-0.2, -0.15) is 5.10 Å². The van der Waals surface area contributed by atoms with Crippen LogP contribution in [0.3, 0.4) is 0 Å². The molecule has 3 N–H and O–H groups in total. The summed E-state index contributed by atoms with van der Waals surface area (Å²) in [7, 11) is 1.68. The SMILES string of the molecule is CC(C)/C(=C(/N)C=O)c1nc(Cl)cc(-c2cn[nH]c2)n1.CCOC. The number of H-pyrrole nitrogens is 1. The number of aldehydes is 1. The number of methoxy groups -OCH3 is 1. The van der Waals surface area contributed by atoms with Gasteiger partial charge in [-0.3, -0.25) is 9.89 Å². The van der Waals surface area contributed by atoms with Gasteiger partial charge in [0.25, 0.3) is 0 Å². The van der Waals surface area contributed by atoms with Gasteiger partial charge in [-0.05, 0) is 12.8 Å². The van der Waals surface area contributed by atoms with Crippen molar-refractivity contribution in [1.82, 2.24) is 20.2 Å². The highest BCUT2D eigenvalue weighted by Crippen LogP contribution is 2.26. The van der Waals surface area contributed by atoms with E-state index in [1.807, 2.05) is 20.8 Å². The van der Waals surface area contributed by atoms with Crippen LogP contribution >= 0.6 is 11.6 Å². The molecule has 2 aromatic rings. The van der Waals surface area contributed by atoms with Crippen molar-refractivity contribution in [2.24, 2.45) is 11.7 Å². The van der Waals surface area contributed by atoms with Crippen molar-refractivity contribution >= 4 is 23.5 Å². The van der Waals surface area contributed by atoms with Gasteiger partial charge in [0, 0.05) is 37.1 Å². The monoisotopic (exact) mass is 351 g/mol. The molecule has 0 aromatic carbocycles. The molecule has 2 heterocycles. The Balaban J connectivity index is 0.000000648. The summed E-state index contributed by atoms with van der Waals surface area (Å²) in [5.41, 5.74) is 7.82. The first-order valence-corrected chi connectivity index (χ1v) is 7.80. The number of hydrogen-bond donors (Lipinski definition) is 2. The van der Waals surface area contributed by atoms with Crippen LogP contribution in [0.25, 0.3) is 16.8 Å². The average Bonchev–Trinajstić information content (AvgIpc) is 3.08. The van der Waals surface area contributed by atoms with Crippen molar-refractivity contribution in [3.63, 3.8) is 0 Å². The summed E-state index contributed by atoms with van der Waals surface area (Å²) in [5, 5.41) is 6.86. The molecule has 0 amide bonds. The second-order valence-electron chi connectivity index (χ2n) is 5.11. The minimum absolute atomic E-state index is 0.00383. The van der Waals surface area contributed by atoms with Gasteiger partial charge in [0.1, 0.15) is 5.15 Å². The number of aromatic nitrogens is 4. The smallest absolute Gasteiger partial charge is 0.166 e. The van der Waals surface area contributed by atoms with Gasteiger partial charge in [-0.25, -0.2) is 9.97 Å². The van der Waals surface area contributed by atoms with Crippen molar-refractivity contribution in [2.45, 2.75) is 20.8 Å². The summed E-state index contributed by atoms with van der Waals surface area (Å²) >= 11 is 6.03. The van der Waals surface area contributed by atoms with Crippen LogP contribution in [0.1, 0.15) is 26.6 Å². The van der Waals surface area contributed by atoms with E-state index >= 15 is 0 Å². The minimum Gasteiger partial charge on any atom is -0.396 e. The lowest BCUT2D eigenvalue weighted by atomic mass is 10.0. The maximum absolute atomic E-state index is 10.9. The zero-order chi connectivity index (χ0) is 18.1. The number of nitrogens with zero attached hydrogens (tertiary/aromatic N) is 3. The molecule has 0 aliphatic heterocycles. The molecule has 0 bridgehead atoms. The molecule has 0 aliphatic rings. The Kier molecular flexibility index (Phi) is 8.08. The molecule has 8 heteroatoms. The Labute approximate surface area is 146 Å². The molecule has 2 rings (SSSR count). The highest BCUT2D eigenvalue weighted by Gasteiger charge is 2.16. The van der Waals surface area contributed by atoms with Crippen LogP contribution in [0.5, 0.6) is 0 Å². The van der Waals surface area contributed by atoms with E-state index in [9.17, 15) is 4.79 Å². The average molecular weight is 352 g/mol. The number of carbonyl (C=O) groups is 1. The first-order valence-electron chi connectivity index (χ1n) is 7.42. The summed E-state index contributed by atoms with van der Waals surface area (Å²) in [6.07, 6.45) is 3.92. The lowest BCUT2D eigenvalue weighted by molar-refractivity contribution is -0.104. The van der Waals surface area contributed by atoms with Crippen LogP contribution in [0.4, 0.5) is 0 Å². The maximum atomic E-state index is 10.9. The maximum Gasteiger partial charge on any atom is 0.166 e. The van der Waals surface area contributed by atoms with Gasteiger partial charge in [0.2, 0.25) is 0 Å². The van der Waals surface area contributed by atoms with Crippen molar-refractivity contribution < 1.29 is 9.53 Å². The van der Waals surface area contributed by atoms with Crippen LogP contribution < -0.4 is 5.73 Å². The molecule has 2 aromatic heterocycles. The topological polar surface area (TPSA) is 107 Å². The molecule has 130 valence electrons. The Morgan fingerprint density at radius 2 is 2.12 bits per heavy atom. The molecule has 0 saturated carbocycles. The Hall–Kier alpha value is -2.25. The summed E-state index contributed by atoms with van der Waals surface area (Å²) in [6, 6.07) is 1.63.